The first kappa shape index (κ1) is 75.8. The number of nitrogens with one attached hydrogen (secondary N) is 1. The summed E-state index contributed by atoms with van der Waals surface area (Å²) in [7, 11) is 0. The van der Waals surface area contributed by atoms with Gasteiger partial charge < -0.3 is 20.3 Å². The molecule has 0 rings (SSSR count). The third kappa shape index (κ3) is 63.0. The molecule has 0 aliphatic carbocycles. The van der Waals surface area contributed by atoms with Crippen LogP contribution in [0.4, 0.5) is 0 Å². The van der Waals surface area contributed by atoms with Gasteiger partial charge in [-0.05, 0) is 83.5 Å². The number of amides is 1. The Hall–Kier alpha value is -2.18. The van der Waals surface area contributed by atoms with E-state index in [4.69, 9.17) is 4.74 Å². The number of allylic oxidation sites excluding steroid dienone is 7. The largest absolute Gasteiger partial charge is 0.466 e. The molecule has 0 aliphatic rings. The Kier molecular flexibility index (Phi) is 65.4. The van der Waals surface area contributed by atoms with E-state index in [0.717, 1.165) is 51.4 Å². The van der Waals surface area contributed by atoms with Crippen LogP contribution in [0.3, 0.4) is 0 Å². The van der Waals surface area contributed by atoms with E-state index in [-0.39, 0.29) is 18.5 Å². The summed E-state index contributed by atoms with van der Waals surface area (Å²) in [6.07, 6.45) is 87.5. The maximum atomic E-state index is 12.5. The fourth-order valence-electron chi connectivity index (χ4n) is 10.7. The Balaban J connectivity index is 3.44. The van der Waals surface area contributed by atoms with Crippen molar-refractivity contribution in [3.63, 3.8) is 0 Å². The minimum atomic E-state index is -0.850. The van der Waals surface area contributed by atoms with Crippen LogP contribution >= 0.6 is 0 Å². The third-order valence-corrected chi connectivity index (χ3v) is 16.0. The van der Waals surface area contributed by atoms with Crippen LogP contribution in [-0.2, 0) is 14.3 Å². The van der Waals surface area contributed by atoms with Crippen LogP contribution < -0.4 is 5.32 Å². The van der Waals surface area contributed by atoms with E-state index in [1.54, 1.807) is 6.08 Å². The summed E-state index contributed by atoms with van der Waals surface area (Å²) in [5, 5.41) is 23.3. The van der Waals surface area contributed by atoms with Crippen molar-refractivity contribution in [1.82, 2.24) is 5.32 Å². The molecule has 0 aromatic carbocycles. The minimum Gasteiger partial charge on any atom is -0.466 e. The van der Waals surface area contributed by atoms with Crippen molar-refractivity contribution in [1.29, 1.82) is 0 Å². The third-order valence-electron chi connectivity index (χ3n) is 16.0. The molecule has 78 heavy (non-hydrogen) atoms. The fourth-order valence-corrected chi connectivity index (χ4v) is 10.7. The van der Waals surface area contributed by atoms with Gasteiger partial charge in [-0.3, -0.25) is 9.59 Å². The van der Waals surface area contributed by atoms with Crippen molar-refractivity contribution >= 4 is 11.9 Å². The normalized spacial score (nSPS) is 12.8. The first-order chi connectivity index (χ1) is 38.5. The van der Waals surface area contributed by atoms with Crippen LogP contribution in [0.15, 0.2) is 48.6 Å². The zero-order valence-electron chi connectivity index (χ0n) is 52.4. The van der Waals surface area contributed by atoms with Crippen LogP contribution in [0.5, 0.6) is 0 Å². The summed E-state index contributed by atoms with van der Waals surface area (Å²) in [6.45, 7) is 4.86. The number of ether oxygens (including phenoxy) is 1. The fraction of sp³-hybridized carbons (Fsp3) is 0.861. The average Bonchev–Trinajstić information content (AvgIpc) is 3.44. The van der Waals surface area contributed by atoms with Crippen LogP contribution in [0, 0.1) is 0 Å². The van der Waals surface area contributed by atoms with E-state index < -0.39 is 12.1 Å². The van der Waals surface area contributed by atoms with Gasteiger partial charge in [0.15, 0.2) is 0 Å². The molecule has 458 valence electrons. The van der Waals surface area contributed by atoms with Gasteiger partial charge in [-0.15, -0.1) is 0 Å². The molecule has 0 fully saturated rings. The molecule has 1 amide bonds. The average molecular weight is 1090 g/mol. The molecular weight excluding hydrogens is 959 g/mol. The molecule has 3 N–H and O–H groups in total. The zero-order chi connectivity index (χ0) is 56.4. The van der Waals surface area contributed by atoms with Crippen molar-refractivity contribution in [2.45, 2.75) is 386 Å². The number of aliphatic hydroxyl groups is 2. The molecule has 0 saturated carbocycles. The number of esters is 1. The summed E-state index contributed by atoms with van der Waals surface area (Å²) in [6, 6.07) is -0.634. The molecule has 6 heteroatoms. The number of hydrogen-bond acceptors (Lipinski definition) is 5. The molecule has 6 nitrogen and oxygen atoms in total. The lowest BCUT2D eigenvalue weighted by atomic mass is 10.0. The van der Waals surface area contributed by atoms with Crippen molar-refractivity contribution in [3.05, 3.63) is 48.6 Å². The number of carbonyl (C=O) groups is 2. The highest BCUT2D eigenvalue weighted by Gasteiger charge is 2.18. The number of unbranched alkanes of at least 4 members (excludes halogenated alkanes) is 48. The van der Waals surface area contributed by atoms with Crippen molar-refractivity contribution in [3.8, 4) is 0 Å². The van der Waals surface area contributed by atoms with E-state index in [9.17, 15) is 19.8 Å². The summed E-state index contributed by atoms with van der Waals surface area (Å²) < 4.78 is 5.47. The summed E-state index contributed by atoms with van der Waals surface area (Å²) in [4.78, 5) is 24.6. The standard InChI is InChI=1S/C72H135NO5/c1-3-5-7-9-11-13-15-17-18-19-20-21-22-25-28-31-34-37-41-44-48-52-56-60-64-70(75)69(68-74)73-71(76)65-61-57-53-49-45-42-38-35-32-29-26-23-24-27-30-33-36-39-43-47-51-55-59-63-67-78-72(77)66-62-58-54-50-46-40-16-14-12-10-8-6-4-2/h8,10,14,16,26,29,60,64,69-70,74-75H,3-7,9,11-13,15,17-25,27-28,30-59,61-63,65-68H2,1-2H3,(H,73,76)/b10-8-,16-14-,29-26-,64-60+. The van der Waals surface area contributed by atoms with Gasteiger partial charge >= 0.3 is 5.97 Å². The highest BCUT2D eigenvalue weighted by Crippen LogP contribution is 2.18. The van der Waals surface area contributed by atoms with Gasteiger partial charge in [-0.1, -0.05) is 326 Å². The smallest absolute Gasteiger partial charge is 0.305 e. The van der Waals surface area contributed by atoms with Crippen LogP contribution in [-0.4, -0.2) is 47.4 Å². The zero-order valence-corrected chi connectivity index (χ0v) is 52.4. The van der Waals surface area contributed by atoms with Crippen LogP contribution in [0.1, 0.15) is 373 Å². The van der Waals surface area contributed by atoms with Crippen LogP contribution in [0.2, 0.25) is 0 Å². The van der Waals surface area contributed by atoms with E-state index in [1.807, 2.05) is 6.08 Å². The van der Waals surface area contributed by atoms with Crippen molar-refractivity contribution < 1.29 is 24.5 Å². The van der Waals surface area contributed by atoms with Crippen molar-refractivity contribution in [2.75, 3.05) is 13.2 Å². The van der Waals surface area contributed by atoms with Crippen molar-refractivity contribution in [2.24, 2.45) is 0 Å². The van der Waals surface area contributed by atoms with Gasteiger partial charge in [0.05, 0.1) is 25.4 Å². The van der Waals surface area contributed by atoms with E-state index >= 15 is 0 Å². The molecule has 0 aromatic heterocycles. The molecule has 0 radical (unpaired) electrons. The molecule has 0 bridgehead atoms. The number of aliphatic hydroxyl groups excluding tert-OH is 2. The Morgan fingerprint density at radius 1 is 0.359 bits per heavy atom. The second kappa shape index (κ2) is 67.3. The summed E-state index contributed by atoms with van der Waals surface area (Å²) in [5.41, 5.74) is 0. The lowest BCUT2D eigenvalue weighted by Gasteiger charge is -2.20. The SMILES string of the molecule is CCC/C=C\C/C=C\CCCCCCCC(=O)OCCCCCCCCCCCCCC/C=C\CCCCCCCCCCC(=O)NC(CO)C(O)/C=C/CCCCCCCCCCCCCCCCCCCCCCCC. The maximum Gasteiger partial charge on any atom is 0.305 e. The first-order valence-electron chi connectivity index (χ1n) is 34.9. The molecule has 0 spiro atoms. The van der Waals surface area contributed by atoms with E-state index in [0.29, 0.717) is 19.4 Å². The Morgan fingerprint density at radius 3 is 1.04 bits per heavy atom. The van der Waals surface area contributed by atoms with Gasteiger partial charge in [0.2, 0.25) is 5.91 Å². The number of hydrogen-bond donors (Lipinski definition) is 3. The van der Waals surface area contributed by atoms with E-state index in [2.05, 4.69) is 55.6 Å². The number of carbonyl (C=O) groups excluding carboxylic acids is 2. The van der Waals surface area contributed by atoms with Gasteiger partial charge in [0.1, 0.15) is 0 Å². The molecule has 0 aromatic rings. The van der Waals surface area contributed by atoms with Gasteiger partial charge in [0, 0.05) is 12.8 Å². The highest BCUT2D eigenvalue weighted by atomic mass is 16.5. The lowest BCUT2D eigenvalue weighted by molar-refractivity contribution is -0.143. The molecule has 0 aliphatic heterocycles. The molecule has 2 unspecified atom stereocenters. The maximum absolute atomic E-state index is 12.5. The van der Waals surface area contributed by atoms with Gasteiger partial charge in [0.25, 0.3) is 0 Å². The highest BCUT2D eigenvalue weighted by molar-refractivity contribution is 5.76. The Bertz CT molecular complexity index is 1310. The predicted octanol–water partition coefficient (Wildman–Crippen LogP) is 22.5. The predicted molar refractivity (Wildman–Crippen MR) is 342 cm³/mol. The molecular formula is C72H135NO5. The molecule has 2 atom stereocenters. The topological polar surface area (TPSA) is 95.9 Å². The Morgan fingerprint density at radius 2 is 0.667 bits per heavy atom. The monoisotopic (exact) mass is 1090 g/mol. The molecule has 0 heterocycles. The van der Waals surface area contributed by atoms with Crippen LogP contribution in [0.25, 0.3) is 0 Å². The second-order valence-electron chi connectivity index (χ2n) is 23.9. The minimum absolute atomic E-state index is 0.00320. The Labute approximate surface area is 486 Å². The summed E-state index contributed by atoms with van der Waals surface area (Å²) >= 11 is 0. The quantitative estimate of drug-likeness (QED) is 0.0320. The van der Waals surface area contributed by atoms with Gasteiger partial charge in [-0.2, -0.15) is 0 Å². The summed E-state index contributed by atoms with van der Waals surface area (Å²) in [5.74, 6) is -0.0725. The number of rotatable bonds is 65. The second-order valence-corrected chi connectivity index (χ2v) is 23.9. The lowest BCUT2D eigenvalue weighted by Crippen LogP contribution is -2.45. The first-order valence-corrected chi connectivity index (χ1v) is 34.9. The van der Waals surface area contributed by atoms with Gasteiger partial charge in [-0.25, -0.2) is 0 Å². The van der Waals surface area contributed by atoms with E-state index in [1.165, 1.54) is 295 Å². The molecule has 0 saturated heterocycles.